The molecule has 0 aliphatic heterocycles. The highest BCUT2D eigenvalue weighted by atomic mass is 35.5. The van der Waals surface area contributed by atoms with E-state index in [1.807, 2.05) is 0 Å². The van der Waals surface area contributed by atoms with Gasteiger partial charge in [0.05, 0.1) is 5.38 Å². The van der Waals surface area contributed by atoms with E-state index in [4.69, 9.17) is 11.6 Å². The van der Waals surface area contributed by atoms with Crippen LogP contribution in [0, 0.1) is 0 Å². The van der Waals surface area contributed by atoms with Crippen LogP contribution in [-0.2, 0) is 12.8 Å². The summed E-state index contributed by atoms with van der Waals surface area (Å²) in [4.78, 5) is 0. The Morgan fingerprint density at radius 2 is 1.75 bits per heavy atom. The summed E-state index contributed by atoms with van der Waals surface area (Å²) in [6, 6.07) is 6.74. The molecule has 0 amide bonds. The van der Waals surface area contributed by atoms with Crippen molar-refractivity contribution in [1.29, 1.82) is 0 Å². The van der Waals surface area contributed by atoms with Gasteiger partial charge in [0, 0.05) is 0 Å². The predicted molar refractivity (Wildman–Crippen MR) is 73.3 cm³/mol. The van der Waals surface area contributed by atoms with Crippen LogP contribution in [-0.4, -0.2) is 0 Å². The van der Waals surface area contributed by atoms with Crippen molar-refractivity contribution in [2.45, 2.75) is 58.3 Å². The van der Waals surface area contributed by atoms with Crippen LogP contribution < -0.4 is 0 Å². The normalized spacial score (nSPS) is 12.8. The minimum absolute atomic E-state index is 0.191. The fraction of sp³-hybridized carbons (Fsp3) is 0.600. The summed E-state index contributed by atoms with van der Waals surface area (Å²) in [6.45, 7) is 6.64. The molecule has 0 spiro atoms. The molecule has 1 atom stereocenters. The zero-order valence-electron chi connectivity index (χ0n) is 10.7. The second-order valence-electron chi connectivity index (χ2n) is 4.35. The first-order chi connectivity index (χ1) is 7.72. The van der Waals surface area contributed by atoms with Crippen LogP contribution in [0.1, 0.15) is 62.1 Å². The lowest BCUT2D eigenvalue weighted by Gasteiger charge is -2.13. The maximum Gasteiger partial charge on any atom is 0.0585 e. The molecule has 0 aromatic heterocycles. The Labute approximate surface area is 105 Å². The molecule has 16 heavy (non-hydrogen) atoms. The van der Waals surface area contributed by atoms with E-state index in [9.17, 15) is 0 Å². The Balaban J connectivity index is 2.81. The zero-order chi connectivity index (χ0) is 12.0. The van der Waals surface area contributed by atoms with Crippen LogP contribution in [0.4, 0.5) is 0 Å². The first-order valence-corrected chi connectivity index (χ1v) is 6.92. The van der Waals surface area contributed by atoms with Crippen molar-refractivity contribution in [1.82, 2.24) is 0 Å². The van der Waals surface area contributed by atoms with E-state index in [-0.39, 0.29) is 5.38 Å². The summed E-state index contributed by atoms with van der Waals surface area (Å²) in [7, 11) is 0. The van der Waals surface area contributed by atoms with Crippen molar-refractivity contribution in [2.75, 3.05) is 0 Å². The number of rotatable bonds is 6. The third-order valence-corrected chi connectivity index (χ3v) is 3.64. The summed E-state index contributed by atoms with van der Waals surface area (Å²) >= 11 is 6.41. The van der Waals surface area contributed by atoms with E-state index in [1.54, 1.807) is 0 Å². The van der Waals surface area contributed by atoms with Crippen LogP contribution >= 0.6 is 11.6 Å². The molecule has 0 aliphatic carbocycles. The number of halogens is 1. The minimum Gasteiger partial charge on any atom is -0.118 e. The second kappa shape index (κ2) is 6.96. The van der Waals surface area contributed by atoms with Crippen molar-refractivity contribution in [3.63, 3.8) is 0 Å². The molecule has 1 aromatic carbocycles. The van der Waals surface area contributed by atoms with Crippen molar-refractivity contribution in [3.05, 3.63) is 34.9 Å². The van der Waals surface area contributed by atoms with Gasteiger partial charge in [0.15, 0.2) is 0 Å². The summed E-state index contributed by atoms with van der Waals surface area (Å²) in [5, 5.41) is 0.191. The Kier molecular flexibility index (Phi) is 5.90. The average molecular weight is 239 g/mol. The summed E-state index contributed by atoms with van der Waals surface area (Å²) in [6.07, 6.45) is 5.74. The maximum atomic E-state index is 6.41. The van der Waals surface area contributed by atoms with E-state index in [0.29, 0.717) is 0 Å². The third-order valence-electron chi connectivity index (χ3n) is 3.16. The zero-order valence-corrected chi connectivity index (χ0v) is 11.5. The molecule has 1 rings (SSSR count). The summed E-state index contributed by atoms with van der Waals surface area (Å²) < 4.78 is 0. The molecule has 0 bridgehead atoms. The van der Waals surface area contributed by atoms with Gasteiger partial charge in [-0.25, -0.2) is 0 Å². The molecule has 0 saturated heterocycles. The fourth-order valence-electron chi connectivity index (χ4n) is 2.06. The molecule has 0 saturated carbocycles. The Morgan fingerprint density at radius 3 is 2.31 bits per heavy atom. The number of aryl methyl sites for hydroxylation is 2. The highest BCUT2D eigenvalue weighted by Crippen LogP contribution is 2.28. The monoisotopic (exact) mass is 238 g/mol. The van der Waals surface area contributed by atoms with E-state index >= 15 is 0 Å². The molecule has 1 aromatic rings. The smallest absolute Gasteiger partial charge is 0.0585 e. The molecule has 90 valence electrons. The van der Waals surface area contributed by atoms with E-state index in [2.05, 4.69) is 39.0 Å². The first kappa shape index (κ1) is 13.6. The van der Waals surface area contributed by atoms with Crippen LogP contribution in [0.2, 0.25) is 0 Å². The highest BCUT2D eigenvalue weighted by molar-refractivity contribution is 6.20. The number of alkyl halides is 1. The van der Waals surface area contributed by atoms with Crippen LogP contribution in [0.3, 0.4) is 0 Å². The second-order valence-corrected chi connectivity index (χ2v) is 4.87. The number of hydrogen-bond acceptors (Lipinski definition) is 0. The van der Waals surface area contributed by atoms with Crippen molar-refractivity contribution >= 4 is 11.6 Å². The molecule has 0 N–H and O–H groups in total. The van der Waals surface area contributed by atoms with E-state index in [0.717, 1.165) is 19.3 Å². The molecule has 0 radical (unpaired) electrons. The molecule has 0 heterocycles. The third kappa shape index (κ3) is 3.52. The van der Waals surface area contributed by atoms with E-state index in [1.165, 1.54) is 29.5 Å². The summed E-state index contributed by atoms with van der Waals surface area (Å²) in [5.41, 5.74) is 4.22. The molecule has 0 nitrogen and oxygen atoms in total. The number of unbranched alkanes of at least 4 members (excludes halogenated alkanes) is 1. The SMILES string of the molecule is CCCCC(Cl)c1ccc(CC)c(CC)c1. The average Bonchev–Trinajstić information content (AvgIpc) is 2.34. The van der Waals surface area contributed by atoms with Gasteiger partial charge in [0.25, 0.3) is 0 Å². The summed E-state index contributed by atoms with van der Waals surface area (Å²) in [5.74, 6) is 0. The Hall–Kier alpha value is -0.490. The fourth-order valence-corrected chi connectivity index (χ4v) is 2.35. The molecular formula is C15H23Cl. The van der Waals surface area contributed by atoms with Gasteiger partial charge in [-0.15, -0.1) is 11.6 Å². The van der Waals surface area contributed by atoms with Gasteiger partial charge in [-0.05, 0) is 36.0 Å². The molecule has 1 heteroatoms. The van der Waals surface area contributed by atoms with Crippen molar-refractivity contribution < 1.29 is 0 Å². The highest BCUT2D eigenvalue weighted by Gasteiger charge is 2.09. The van der Waals surface area contributed by atoms with Crippen LogP contribution in [0.15, 0.2) is 18.2 Å². The molecule has 1 unspecified atom stereocenters. The standard InChI is InChI=1S/C15H23Cl/c1-4-7-8-15(16)14-10-9-12(5-2)13(6-3)11-14/h9-11,15H,4-8H2,1-3H3. The van der Waals surface area contributed by atoms with Gasteiger partial charge in [0.1, 0.15) is 0 Å². The Morgan fingerprint density at radius 1 is 1.06 bits per heavy atom. The lowest BCUT2D eigenvalue weighted by atomic mass is 9.97. The first-order valence-electron chi connectivity index (χ1n) is 6.48. The van der Waals surface area contributed by atoms with E-state index < -0.39 is 0 Å². The maximum absolute atomic E-state index is 6.41. The van der Waals surface area contributed by atoms with Crippen molar-refractivity contribution in [2.24, 2.45) is 0 Å². The molecule has 0 aliphatic rings. The van der Waals surface area contributed by atoms with Crippen molar-refractivity contribution in [3.8, 4) is 0 Å². The van der Waals surface area contributed by atoms with Gasteiger partial charge < -0.3 is 0 Å². The van der Waals surface area contributed by atoms with Crippen LogP contribution in [0.25, 0.3) is 0 Å². The number of hydrogen-bond donors (Lipinski definition) is 0. The predicted octanol–water partition coefficient (Wildman–Crippen LogP) is 5.28. The quantitative estimate of drug-likeness (QED) is 0.592. The Bertz CT molecular complexity index is 317. The van der Waals surface area contributed by atoms with Gasteiger partial charge in [-0.1, -0.05) is 51.8 Å². The molecular weight excluding hydrogens is 216 g/mol. The minimum atomic E-state index is 0.191. The van der Waals surface area contributed by atoms with Gasteiger partial charge in [-0.3, -0.25) is 0 Å². The lowest BCUT2D eigenvalue weighted by Crippen LogP contribution is -1.96. The topological polar surface area (TPSA) is 0 Å². The largest absolute Gasteiger partial charge is 0.118 e. The number of benzene rings is 1. The van der Waals surface area contributed by atoms with Crippen LogP contribution in [0.5, 0.6) is 0 Å². The van der Waals surface area contributed by atoms with Gasteiger partial charge in [-0.2, -0.15) is 0 Å². The lowest BCUT2D eigenvalue weighted by molar-refractivity contribution is 0.700. The van der Waals surface area contributed by atoms with Gasteiger partial charge >= 0.3 is 0 Å². The van der Waals surface area contributed by atoms with Gasteiger partial charge in [0.2, 0.25) is 0 Å². The molecule has 0 fully saturated rings.